The SMILES string of the molecule is COc1cccc(C(=O)OCc2nnc(-c3ccccc3Br)o2)c1. The number of rotatable bonds is 5. The number of ether oxygens (including phenoxy) is 2. The molecule has 0 atom stereocenters. The number of nitrogens with zero attached hydrogens (tertiary/aromatic N) is 2. The fourth-order valence-corrected chi connectivity index (χ4v) is 2.47. The molecule has 6 nitrogen and oxygen atoms in total. The fraction of sp³-hybridized carbons (Fsp3) is 0.118. The van der Waals surface area contributed by atoms with Gasteiger partial charge < -0.3 is 13.9 Å². The lowest BCUT2D eigenvalue weighted by atomic mass is 10.2. The summed E-state index contributed by atoms with van der Waals surface area (Å²) in [5.74, 6) is 0.667. The van der Waals surface area contributed by atoms with Crippen molar-refractivity contribution in [1.29, 1.82) is 0 Å². The summed E-state index contributed by atoms with van der Waals surface area (Å²) in [6.45, 7) is -0.104. The second-order valence-corrected chi connectivity index (χ2v) is 5.64. The normalized spacial score (nSPS) is 10.4. The average Bonchev–Trinajstić information content (AvgIpc) is 3.09. The highest BCUT2D eigenvalue weighted by Gasteiger charge is 2.14. The molecular weight excluding hydrogens is 376 g/mol. The summed E-state index contributed by atoms with van der Waals surface area (Å²) in [6, 6.07) is 14.2. The molecule has 0 unspecified atom stereocenters. The van der Waals surface area contributed by atoms with Crippen molar-refractivity contribution in [2.75, 3.05) is 7.11 Å². The number of aromatic nitrogens is 2. The number of carbonyl (C=O) groups excluding carboxylic acids is 1. The zero-order valence-corrected chi connectivity index (χ0v) is 14.3. The minimum Gasteiger partial charge on any atom is -0.497 e. The van der Waals surface area contributed by atoms with E-state index in [1.165, 1.54) is 7.11 Å². The molecule has 0 saturated carbocycles. The topological polar surface area (TPSA) is 74.5 Å². The van der Waals surface area contributed by atoms with Crippen molar-refractivity contribution >= 4 is 21.9 Å². The van der Waals surface area contributed by atoms with E-state index in [2.05, 4.69) is 26.1 Å². The van der Waals surface area contributed by atoms with Gasteiger partial charge in [-0.25, -0.2) is 4.79 Å². The zero-order chi connectivity index (χ0) is 16.9. The van der Waals surface area contributed by atoms with Crippen molar-refractivity contribution in [3.63, 3.8) is 0 Å². The first-order valence-electron chi connectivity index (χ1n) is 7.06. The Balaban J connectivity index is 1.67. The highest BCUT2D eigenvalue weighted by molar-refractivity contribution is 9.10. The molecule has 0 fully saturated rings. The van der Waals surface area contributed by atoms with Crippen LogP contribution in [-0.2, 0) is 11.3 Å². The Bertz CT molecular complexity index is 863. The number of hydrogen-bond donors (Lipinski definition) is 0. The monoisotopic (exact) mass is 388 g/mol. The minimum absolute atomic E-state index is 0.104. The molecule has 0 aliphatic rings. The van der Waals surface area contributed by atoms with Crippen LogP contribution >= 0.6 is 15.9 Å². The van der Waals surface area contributed by atoms with Gasteiger partial charge in [0.15, 0.2) is 6.61 Å². The molecule has 24 heavy (non-hydrogen) atoms. The molecule has 0 saturated heterocycles. The van der Waals surface area contributed by atoms with Crippen molar-refractivity contribution in [2.24, 2.45) is 0 Å². The van der Waals surface area contributed by atoms with E-state index in [0.717, 1.165) is 10.0 Å². The second-order valence-electron chi connectivity index (χ2n) is 4.79. The Morgan fingerprint density at radius 1 is 1.17 bits per heavy atom. The van der Waals surface area contributed by atoms with Gasteiger partial charge >= 0.3 is 5.97 Å². The summed E-state index contributed by atoms with van der Waals surface area (Å²) in [7, 11) is 1.53. The van der Waals surface area contributed by atoms with Crippen molar-refractivity contribution in [3.8, 4) is 17.2 Å². The molecule has 0 spiro atoms. The third-order valence-electron chi connectivity index (χ3n) is 3.20. The summed E-state index contributed by atoms with van der Waals surface area (Å²) in [5, 5.41) is 7.86. The molecular formula is C17H13BrN2O4. The van der Waals surface area contributed by atoms with Crippen LogP contribution in [0.25, 0.3) is 11.5 Å². The fourth-order valence-electron chi connectivity index (χ4n) is 2.02. The minimum atomic E-state index is -0.491. The highest BCUT2D eigenvalue weighted by Crippen LogP contribution is 2.26. The molecule has 3 rings (SSSR count). The van der Waals surface area contributed by atoms with Crippen LogP contribution in [0, 0.1) is 0 Å². The maximum absolute atomic E-state index is 12.0. The Morgan fingerprint density at radius 2 is 2.00 bits per heavy atom. The quantitative estimate of drug-likeness (QED) is 0.617. The van der Waals surface area contributed by atoms with Gasteiger partial charge in [0, 0.05) is 4.47 Å². The first-order chi connectivity index (χ1) is 11.7. The number of hydrogen-bond acceptors (Lipinski definition) is 6. The molecule has 0 radical (unpaired) electrons. The first-order valence-corrected chi connectivity index (χ1v) is 7.85. The summed E-state index contributed by atoms with van der Waals surface area (Å²) in [6.07, 6.45) is 0. The van der Waals surface area contributed by atoms with Gasteiger partial charge in [0.2, 0.25) is 5.89 Å². The van der Waals surface area contributed by atoms with Crippen molar-refractivity contribution < 1.29 is 18.7 Å². The molecule has 0 bridgehead atoms. The smallest absolute Gasteiger partial charge is 0.338 e. The van der Waals surface area contributed by atoms with Gasteiger partial charge in [-0.05, 0) is 46.3 Å². The molecule has 1 aromatic heterocycles. The van der Waals surface area contributed by atoms with Gasteiger partial charge in [-0.3, -0.25) is 0 Å². The molecule has 2 aromatic carbocycles. The average molecular weight is 389 g/mol. The number of methoxy groups -OCH3 is 1. The van der Waals surface area contributed by atoms with E-state index in [4.69, 9.17) is 13.9 Å². The van der Waals surface area contributed by atoms with Crippen molar-refractivity contribution in [1.82, 2.24) is 10.2 Å². The van der Waals surface area contributed by atoms with Gasteiger partial charge in [-0.2, -0.15) is 0 Å². The molecule has 1 heterocycles. The predicted molar refractivity (Wildman–Crippen MR) is 89.5 cm³/mol. The Morgan fingerprint density at radius 3 is 2.79 bits per heavy atom. The Kier molecular flexibility index (Phi) is 4.90. The van der Waals surface area contributed by atoms with E-state index in [1.807, 2.05) is 24.3 Å². The van der Waals surface area contributed by atoms with E-state index in [-0.39, 0.29) is 12.5 Å². The lowest BCUT2D eigenvalue weighted by Gasteiger charge is -2.04. The van der Waals surface area contributed by atoms with E-state index in [9.17, 15) is 4.79 Å². The third kappa shape index (κ3) is 3.62. The van der Waals surface area contributed by atoms with Gasteiger partial charge in [0.1, 0.15) is 5.75 Å². The van der Waals surface area contributed by atoms with Crippen LogP contribution in [0.4, 0.5) is 0 Å². The largest absolute Gasteiger partial charge is 0.497 e. The van der Waals surface area contributed by atoms with Crippen LogP contribution in [0.3, 0.4) is 0 Å². The zero-order valence-electron chi connectivity index (χ0n) is 12.7. The van der Waals surface area contributed by atoms with Crippen LogP contribution in [0.2, 0.25) is 0 Å². The highest BCUT2D eigenvalue weighted by atomic mass is 79.9. The number of esters is 1. The van der Waals surface area contributed by atoms with Crippen LogP contribution in [0.1, 0.15) is 16.2 Å². The van der Waals surface area contributed by atoms with Gasteiger partial charge in [0.25, 0.3) is 5.89 Å². The molecule has 3 aromatic rings. The molecule has 7 heteroatoms. The number of benzene rings is 2. The van der Waals surface area contributed by atoms with Crippen LogP contribution in [0.15, 0.2) is 57.4 Å². The van der Waals surface area contributed by atoms with Gasteiger partial charge in [-0.1, -0.05) is 18.2 Å². The van der Waals surface area contributed by atoms with Crippen LogP contribution in [0.5, 0.6) is 5.75 Å². The molecule has 0 aliphatic heterocycles. The predicted octanol–water partition coefficient (Wildman–Crippen LogP) is 3.86. The Hall–Kier alpha value is -2.67. The van der Waals surface area contributed by atoms with Crippen molar-refractivity contribution in [2.45, 2.75) is 6.61 Å². The van der Waals surface area contributed by atoms with E-state index in [0.29, 0.717) is 17.2 Å². The lowest BCUT2D eigenvalue weighted by Crippen LogP contribution is -2.05. The summed E-state index contributed by atoms with van der Waals surface area (Å²) < 4.78 is 16.6. The van der Waals surface area contributed by atoms with Crippen LogP contribution in [-0.4, -0.2) is 23.3 Å². The summed E-state index contributed by atoms with van der Waals surface area (Å²) in [4.78, 5) is 12.0. The van der Waals surface area contributed by atoms with Gasteiger partial charge in [0.05, 0.1) is 18.2 Å². The number of carbonyl (C=O) groups is 1. The van der Waals surface area contributed by atoms with Crippen molar-refractivity contribution in [3.05, 3.63) is 64.5 Å². The molecule has 0 N–H and O–H groups in total. The molecule has 0 aliphatic carbocycles. The van der Waals surface area contributed by atoms with Crippen LogP contribution < -0.4 is 4.74 Å². The molecule has 122 valence electrons. The van der Waals surface area contributed by atoms with E-state index < -0.39 is 5.97 Å². The maximum Gasteiger partial charge on any atom is 0.338 e. The lowest BCUT2D eigenvalue weighted by molar-refractivity contribution is 0.0438. The second kappa shape index (κ2) is 7.27. The first kappa shape index (κ1) is 16.2. The molecule has 0 amide bonds. The third-order valence-corrected chi connectivity index (χ3v) is 3.89. The standard InChI is InChI=1S/C17H13BrN2O4/c1-22-12-6-4-5-11(9-12)17(21)23-10-15-19-20-16(24-15)13-7-2-3-8-14(13)18/h2-9H,10H2,1H3. The van der Waals surface area contributed by atoms with E-state index >= 15 is 0 Å². The van der Waals surface area contributed by atoms with Gasteiger partial charge in [-0.15, -0.1) is 10.2 Å². The summed E-state index contributed by atoms with van der Waals surface area (Å²) >= 11 is 3.42. The maximum atomic E-state index is 12.0. The Labute approximate surface area is 146 Å². The number of halogens is 1. The van der Waals surface area contributed by atoms with E-state index in [1.54, 1.807) is 24.3 Å². The summed E-state index contributed by atoms with van der Waals surface area (Å²) in [5.41, 5.74) is 1.16.